The van der Waals surface area contributed by atoms with Gasteiger partial charge in [0.1, 0.15) is 18.2 Å². The molecule has 0 radical (unpaired) electrons. The maximum Gasteiger partial charge on any atom is 0.147 e. The molecule has 0 fully saturated rings. The molecule has 1 heterocycles. The van der Waals surface area contributed by atoms with E-state index in [1.54, 1.807) is 12.1 Å². The van der Waals surface area contributed by atoms with Crippen LogP contribution in [0.4, 0.5) is 0 Å². The SMILES string of the molecule is CCn1c(COc2ccc(Cl)cc2)nc2ccc(Cl)cc21. The highest BCUT2D eigenvalue weighted by atomic mass is 35.5. The molecule has 0 unspecified atom stereocenters. The van der Waals surface area contributed by atoms with Crippen molar-refractivity contribution in [3.63, 3.8) is 0 Å². The minimum absolute atomic E-state index is 0.405. The van der Waals surface area contributed by atoms with Gasteiger partial charge in [0.15, 0.2) is 0 Å². The molecule has 0 bridgehead atoms. The van der Waals surface area contributed by atoms with Crippen LogP contribution in [0.2, 0.25) is 10.0 Å². The van der Waals surface area contributed by atoms with Crippen molar-refractivity contribution in [2.24, 2.45) is 0 Å². The standard InChI is InChI=1S/C16H14Cl2N2O/c1-2-20-15-9-12(18)5-8-14(15)19-16(20)10-21-13-6-3-11(17)4-7-13/h3-9H,2,10H2,1H3. The van der Waals surface area contributed by atoms with Gasteiger partial charge in [0.05, 0.1) is 11.0 Å². The van der Waals surface area contributed by atoms with Crippen molar-refractivity contribution in [3.05, 3.63) is 58.3 Å². The van der Waals surface area contributed by atoms with Crippen molar-refractivity contribution in [1.82, 2.24) is 9.55 Å². The Balaban J connectivity index is 1.88. The normalized spacial score (nSPS) is 11.0. The van der Waals surface area contributed by atoms with Gasteiger partial charge in [-0.05, 0) is 49.4 Å². The zero-order valence-electron chi connectivity index (χ0n) is 11.5. The number of aromatic nitrogens is 2. The summed E-state index contributed by atoms with van der Waals surface area (Å²) in [5.74, 6) is 1.65. The smallest absolute Gasteiger partial charge is 0.147 e. The van der Waals surface area contributed by atoms with Gasteiger partial charge in [-0.2, -0.15) is 0 Å². The van der Waals surface area contributed by atoms with E-state index in [1.807, 2.05) is 30.3 Å². The van der Waals surface area contributed by atoms with Crippen molar-refractivity contribution in [3.8, 4) is 5.75 Å². The molecule has 3 nitrogen and oxygen atoms in total. The molecule has 1 aromatic heterocycles. The first-order chi connectivity index (χ1) is 10.2. The summed E-state index contributed by atoms with van der Waals surface area (Å²) in [6.07, 6.45) is 0. The van der Waals surface area contributed by atoms with E-state index in [-0.39, 0.29) is 0 Å². The predicted molar refractivity (Wildman–Crippen MR) is 86.2 cm³/mol. The number of rotatable bonds is 4. The molecule has 0 aliphatic rings. The van der Waals surface area contributed by atoms with Gasteiger partial charge in [0.25, 0.3) is 0 Å². The van der Waals surface area contributed by atoms with Crippen molar-refractivity contribution in [1.29, 1.82) is 0 Å². The zero-order valence-corrected chi connectivity index (χ0v) is 13.0. The van der Waals surface area contributed by atoms with Gasteiger partial charge >= 0.3 is 0 Å². The average Bonchev–Trinajstić information content (AvgIpc) is 2.83. The topological polar surface area (TPSA) is 27.1 Å². The molecule has 0 aliphatic carbocycles. The van der Waals surface area contributed by atoms with E-state index < -0.39 is 0 Å². The number of fused-ring (bicyclic) bond motifs is 1. The minimum atomic E-state index is 0.405. The van der Waals surface area contributed by atoms with Crippen molar-refractivity contribution < 1.29 is 4.74 Å². The van der Waals surface area contributed by atoms with E-state index in [0.717, 1.165) is 29.2 Å². The number of halogens is 2. The van der Waals surface area contributed by atoms with E-state index in [9.17, 15) is 0 Å². The molecule has 0 atom stereocenters. The Hall–Kier alpha value is -1.71. The van der Waals surface area contributed by atoms with Gasteiger partial charge in [-0.3, -0.25) is 0 Å². The van der Waals surface area contributed by atoms with Crippen molar-refractivity contribution in [2.45, 2.75) is 20.1 Å². The Morgan fingerprint density at radius 1 is 1.05 bits per heavy atom. The highest BCUT2D eigenvalue weighted by Gasteiger charge is 2.10. The number of hydrogen-bond acceptors (Lipinski definition) is 2. The van der Waals surface area contributed by atoms with Crippen molar-refractivity contribution in [2.75, 3.05) is 0 Å². The molecule has 0 N–H and O–H groups in total. The van der Waals surface area contributed by atoms with Crippen LogP contribution in [0.1, 0.15) is 12.7 Å². The summed E-state index contributed by atoms with van der Waals surface area (Å²) in [4.78, 5) is 4.61. The van der Waals surface area contributed by atoms with Crippen LogP contribution in [0.15, 0.2) is 42.5 Å². The third-order valence-corrected chi connectivity index (χ3v) is 3.77. The second kappa shape index (κ2) is 5.96. The number of nitrogens with zero attached hydrogens (tertiary/aromatic N) is 2. The monoisotopic (exact) mass is 320 g/mol. The molecule has 0 spiro atoms. The molecule has 2 aromatic carbocycles. The van der Waals surface area contributed by atoms with Crippen LogP contribution >= 0.6 is 23.2 Å². The van der Waals surface area contributed by atoms with E-state index in [1.165, 1.54) is 0 Å². The lowest BCUT2D eigenvalue weighted by Crippen LogP contribution is -2.05. The van der Waals surface area contributed by atoms with Crippen LogP contribution in [0.5, 0.6) is 5.75 Å². The highest BCUT2D eigenvalue weighted by Crippen LogP contribution is 2.22. The lowest BCUT2D eigenvalue weighted by Gasteiger charge is -2.08. The van der Waals surface area contributed by atoms with Crippen LogP contribution in [-0.2, 0) is 13.2 Å². The summed E-state index contributed by atoms with van der Waals surface area (Å²) in [6.45, 7) is 3.30. The summed E-state index contributed by atoms with van der Waals surface area (Å²) >= 11 is 11.9. The maximum absolute atomic E-state index is 6.06. The molecular weight excluding hydrogens is 307 g/mol. The molecule has 3 rings (SSSR count). The lowest BCUT2D eigenvalue weighted by molar-refractivity contribution is 0.291. The Bertz CT molecular complexity index is 766. The van der Waals surface area contributed by atoms with E-state index in [2.05, 4.69) is 16.5 Å². The first-order valence-corrected chi connectivity index (χ1v) is 7.46. The van der Waals surface area contributed by atoms with Gasteiger partial charge in [0, 0.05) is 16.6 Å². The lowest BCUT2D eigenvalue weighted by atomic mass is 10.3. The fourth-order valence-corrected chi connectivity index (χ4v) is 2.58. The molecule has 0 aliphatic heterocycles. The number of hydrogen-bond donors (Lipinski definition) is 0. The summed E-state index contributed by atoms with van der Waals surface area (Å²) in [5.41, 5.74) is 1.95. The Kier molecular flexibility index (Phi) is 4.04. The van der Waals surface area contributed by atoms with Gasteiger partial charge in [-0.1, -0.05) is 23.2 Å². The predicted octanol–water partition coefficient (Wildman–Crippen LogP) is 4.94. The molecule has 21 heavy (non-hydrogen) atoms. The summed E-state index contributed by atoms with van der Waals surface area (Å²) < 4.78 is 7.88. The third kappa shape index (κ3) is 2.99. The molecule has 3 aromatic rings. The van der Waals surface area contributed by atoms with Gasteiger partial charge in [0.2, 0.25) is 0 Å². The molecule has 108 valence electrons. The third-order valence-electron chi connectivity index (χ3n) is 3.29. The Labute approximate surface area is 133 Å². The molecule has 0 saturated heterocycles. The minimum Gasteiger partial charge on any atom is -0.486 e. The Morgan fingerprint density at radius 2 is 1.76 bits per heavy atom. The largest absolute Gasteiger partial charge is 0.486 e. The van der Waals surface area contributed by atoms with Crippen LogP contribution in [0.3, 0.4) is 0 Å². The summed E-state index contributed by atoms with van der Waals surface area (Å²) in [7, 11) is 0. The molecule has 5 heteroatoms. The first-order valence-electron chi connectivity index (χ1n) is 6.70. The van der Waals surface area contributed by atoms with E-state index >= 15 is 0 Å². The van der Waals surface area contributed by atoms with Gasteiger partial charge < -0.3 is 9.30 Å². The van der Waals surface area contributed by atoms with E-state index in [4.69, 9.17) is 27.9 Å². The van der Waals surface area contributed by atoms with Crippen LogP contribution in [0, 0.1) is 0 Å². The average molecular weight is 321 g/mol. The van der Waals surface area contributed by atoms with Crippen LogP contribution in [0.25, 0.3) is 11.0 Å². The number of aryl methyl sites for hydroxylation is 1. The number of ether oxygens (including phenoxy) is 1. The quantitative estimate of drug-likeness (QED) is 0.680. The van der Waals surface area contributed by atoms with Gasteiger partial charge in [-0.15, -0.1) is 0 Å². The summed E-state index contributed by atoms with van der Waals surface area (Å²) in [6, 6.07) is 13.0. The second-order valence-electron chi connectivity index (χ2n) is 4.65. The van der Waals surface area contributed by atoms with Gasteiger partial charge in [-0.25, -0.2) is 4.98 Å². The fraction of sp³-hybridized carbons (Fsp3) is 0.188. The maximum atomic E-state index is 6.06. The van der Waals surface area contributed by atoms with Crippen LogP contribution < -0.4 is 4.74 Å². The Morgan fingerprint density at radius 3 is 2.48 bits per heavy atom. The second-order valence-corrected chi connectivity index (χ2v) is 5.52. The number of benzene rings is 2. The van der Waals surface area contributed by atoms with Crippen LogP contribution in [-0.4, -0.2) is 9.55 Å². The summed E-state index contributed by atoms with van der Waals surface area (Å²) in [5, 5.41) is 1.40. The van der Waals surface area contributed by atoms with Crippen molar-refractivity contribution >= 4 is 34.2 Å². The molecular formula is C16H14Cl2N2O. The zero-order chi connectivity index (χ0) is 14.8. The fourth-order valence-electron chi connectivity index (χ4n) is 2.29. The van der Waals surface area contributed by atoms with E-state index in [0.29, 0.717) is 16.7 Å². The highest BCUT2D eigenvalue weighted by molar-refractivity contribution is 6.31. The molecule has 0 saturated carbocycles. The number of imidazole rings is 1. The first kappa shape index (κ1) is 14.2. The molecule has 0 amide bonds.